The SMILES string of the molecule is CN(Cc1ccc2c(c1)CC(=O)N2C)C(=O)O. The van der Waals surface area contributed by atoms with Gasteiger partial charge in [-0.05, 0) is 17.2 Å². The lowest BCUT2D eigenvalue weighted by atomic mass is 10.1. The molecule has 1 aromatic carbocycles. The number of hydrogen-bond donors (Lipinski definition) is 1. The van der Waals surface area contributed by atoms with Gasteiger partial charge in [0.25, 0.3) is 0 Å². The first kappa shape index (κ1) is 11.4. The second-order valence-corrected chi connectivity index (χ2v) is 4.23. The van der Waals surface area contributed by atoms with Gasteiger partial charge in [0.2, 0.25) is 5.91 Å². The Kier molecular flexibility index (Phi) is 2.75. The molecule has 1 aromatic rings. The summed E-state index contributed by atoms with van der Waals surface area (Å²) in [5.41, 5.74) is 2.78. The molecule has 2 rings (SSSR count). The summed E-state index contributed by atoms with van der Waals surface area (Å²) < 4.78 is 0. The summed E-state index contributed by atoms with van der Waals surface area (Å²) in [6.07, 6.45) is -0.560. The highest BCUT2D eigenvalue weighted by atomic mass is 16.4. The molecular formula is C12H14N2O3. The van der Waals surface area contributed by atoms with Gasteiger partial charge in [-0.1, -0.05) is 12.1 Å². The van der Waals surface area contributed by atoms with Gasteiger partial charge in [-0.25, -0.2) is 4.79 Å². The van der Waals surface area contributed by atoms with Crippen LogP contribution in [-0.2, 0) is 17.8 Å². The van der Waals surface area contributed by atoms with Crippen LogP contribution in [0.3, 0.4) is 0 Å². The Hall–Kier alpha value is -2.04. The van der Waals surface area contributed by atoms with E-state index in [4.69, 9.17) is 5.11 Å². The Labute approximate surface area is 99.3 Å². The number of nitrogens with zero attached hydrogens (tertiary/aromatic N) is 2. The van der Waals surface area contributed by atoms with Crippen molar-refractivity contribution >= 4 is 17.7 Å². The van der Waals surface area contributed by atoms with Gasteiger partial charge in [-0.3, -0.25) is 4.79 Å². The molecule has 0 spiro atoms. The summed E-state index contributed by atoms with van der Waals surface area (Å²) >= 11 is 0. The number of likely N-dealkylation sites (N-methyl/N-ethyl adjacent to an activating group) is 1. The topological polar surface area (TPSA) is 60.9 Å². The fourth-order valence-electron chi connectivity index (χ4n) is 1.96. The Morgan fingerprint density at radius 3 is 2.88 bits per heavy atom. The fourth-order valence-corrected chi connectivity index (χ4v) is 1.96. The van der Waals surface area contributed by atoms with E-state index < -0.39 is 6.09 Å². The van der Waals surface area contributed by atoms with E-state index in [9.17, 15) is 9.59 Å². The number of fused-ring (bicyclic) bond motifs is 1. The van der Waals surface area contributed by atoms with E-state index in [2.05, 4.69) is 0 Å². The molecule has 1 heterocycles. The molecule has 1 aliphatic rings. The van der Waals surface area contributed by atoms with Crippen LogP contribution in [0.25, 0.3) is 0 Å². The number of carboxylic acid groups (broad SMARTS) is 1. The summed E-state index contributed by atoms with van der Waals surface area (Å²) in [6.45, 7) is 0.334. The number of anilines is 1. The molecule has 2 amide bonds. The van der Waals surface area contributed by atoms with Gasteiger partial charge in [0.15, 0.2) is 0 Å². The molecule has 1 aliphatic heterocycles. The maximum Gasteiger partial charge on any atom is 0.407 e. The lowest BCUT2D eigenvalue weighted by molar-refractivity contribution is -0.117. The zero-order valence-corrected chi connectivity index (χ0v) is 9.80. The van der Waals surface area contributed by atoms with E-state index in [0.29, 0.717) is 13.0 Å². The molecule has 5 heteroatoms. The molecule has 1 N–H and O–H groups in total. The van der Waals surface area contributed by atoms with Crippen molar-refractivity contribution in [3.05, 3.63) is 29.3 Å². The smallest absolute Gasteiger partial charge is 0.407 e. The molecule has 5 nitrogen and oxygen atoms in total. The molecule has 0 aliphatic carbocycles. The van der Waals surface area contributed by atoms with Crippen LogP contribution in [-0.4, -0.2) is 36.1 Å². The van der Waals surface area contributed by atoms with E-state index in [1.165, 1.54) is 11.9 Å². The highest BCUT2D eigenvalue weighted by Gasteiger charge is 2.23. The van der Waals surface area contributed by atoms with Gasteiger partial charge < -0.3 is 14.9 Å². The van der Waals surface area contributed by atoms with Gasteiger partial charge in [-0.2, -0.15) is 0 Å². The van der Waals surface area contributed by atoms with Crippen molar-refractivity contribution in [3.63, 3.8) is 0 Å². The molecular weight excluding hydrogens is 220 g/mol. The van der Waals surface area contributed by atoms with Crippen molar-refractivity contribution in [2.75, 3.05) is 19.0 Å². The second kappa shape index (κ2) is 4.08. The molecule has 0 radical (unpaired) electrons. The van der Waals surface area contributed by atoms with Crippen LogP contribution in [0.4, 0.5) is 10.5 Å². The summed E-state index contributed by atoms with van der Waals surface area (Å²) in [4.78, 5) is 25.0. The predicted octanol–water partition coefficient (Wildman–Crippen LogP) is 1.32. The van der Waals surface area contributed by atoms with Crippen molar-refractivity contribution in [2.45, 2.75) is 13.0 Å². The first-order chi connectivity index (χ1) is 7.99. The van der Waals surface area contributed by atoms with Crippen LogP contribution < -0.4 is 4.90 Å². The summed E-state index contributed by atoms with van der Waals surface area (Å²) in [6, 6.07) is 5.62. The highest BCUT2D eigenvalue weighted by Crippen LogP contribution is 2.28. The van der Waals surface area contributed by atoms with Crippen molar-refractivity contribution in [1.82, 2.24) is 4.90 Å². The molecule has 90 valence electrons. The Morgan fingerprint density at radius 2 is 2.24 bits per heavy atom. The minimum absolute atomic E-state index is 0.0729. The summed E-state index contributed by atoms with van der Waals surface area (Å²) in [5, 5.41) is 8.78. The van der Waals surface area contributed by atoms with Gasteiger partial charge in [0.1, 0.15) is 0 Å². The summed E-state index contributed by atoms with van der Waals surface area (Å²) in [7, 11) is 3.27. The lowest BCUT2D eigenvalue weighted by Gasteiger charge is -2.14. The maximum absolute atomic E-state index is 11.5. The van der Waals surface area contributed by atoms with E-state index in [1.54, 1.807) is 11.9 Å². The minimum Gasteiger partial charge on any atom is -0.465 e. The van der Waals surface area contributed by atoms with Crippen LogP contribution in [0.2, 0.25) is 0 Å². The van der Waals surface area contributed by atoms with Crippen LogP contribution in [0, 0.1) is 0 Å². The van der Waals surface area contributed by atoms with Crippen LogP contribution in [0.1, 0.15) is 11.1 Å². The molecule has 0 saturated heterocycles. The maximum atomic E-state index is 11.5. The standard InChI is InChI=1S/C12H14N2O3/c1-13(12(16)17)7-8-3-4-10-9(5-8)6-11(15)14(10)2/h3-5H,6-7H2,1-2H3,(H,16,17). The first-order valence-electron chi connectivity index (χ1n) is 5.31. The second-order valence-electron chi connectivity index (χ2n) is 4.23. The van der Waals surface area contributed by atoms with E-state index in [1.807, 2.05) is 18.2 Å². The Morgan fingerprint density at radius 1 is 1.53 bits per heavy atom. The fraction of sp³-hybridized carbons (Fsp3) is 0.333. The number of rotatable bonds is 2. The lowest BCUT2D eigenvalue weighted by Crippen LogP contribution is -2.23. The van der Waals surface area contributed by atoms with Gasteiger partial charge in [-0.15, -0.1) is 0 Å². The molecule has 0 saturated carbocycles. The molecule has 0 atom stereocenters. The first-order valence-corrected chi connectivity index (χ1v) is 5.31. The Balaban J connectivity index is 2.21. The van der Waals surface area contributed by atoms with Gasteiger partial charge in [0, 0.05) is 26.3 Å². The zero-order valence-electron chi connectivity index (χ0n) is 9.80. The number of hydrogen-bond acceptors (Lipinski definition) is 2. The molecule has 0 bridgehead atoms. The normalized spacial score (nSPS) is 13.8. The third-order valence-electron chi connectivity index (χ3n) is 2.97. The van der Waals surface area contributed by atoms with Crippen LogP contribution in [0.5, 0.6) is 0 Å². The number of amides is 2. The van der Waals surface area contributed by atoms with Crippen molar-refractivity contribution in [2.24, 2.45) is 0 Å². The zero-order chi connectivity index (χ0) is 12.6. The van der Waals surface area contributed by atoms with E-state index >= 15 is 0 Å². The average Bonchev–Trinajstić information content (AvgIpc) is 2.54. The van der Waals surface area contributed by atoms with Crippen molar-refractivity contribution in [3.8, 4) is 0 Å². The Bertz CT molecular complexity index is 485. The third-order valence-corrected chi connectivity index (χ3v) is 2.97. The number of carbonyl (C=O) groups is 2. The van der Waals surface area contributed by atoms with Crippen LogP contribution in [0.15, 0.2) is 18.2 Å². The quantitative estimate of drug-likeness (QED) is 0.839. The highest BCUT2D eigenvalue weighted by molar-refractivity contribution is 6.00. The van der Waals surface area contributed by atoms with Crippen molar-refractivity contribution < 1.29 is 14.7 Å². The largest absolute Gasteiger partial charge is 0.465 e. The van der Waals surface area contributed by atoms with Crippen molar-refractivity contribution in [1.29, 1.82) is 0 Å². The third kappa shape index (κ3) is 2.08. The number of carbonyl (C=O) groups excluding carboxylic acids is 1. The van der Waals surface area contributed by atoms with Crippen LogP contribution >= 0.6 is 0 Å². The van der Waals surface area contributed by atoms with E-state index in [0.717, 1.165) is 16.8 Å². The molecule has 0 fully saturated rings. The van der Waals surface area contributed by atoms with Gasteiger partial charge in [0.05, 0.1) is 6.42 Å². The average molecular weight is 234 g/mol. The predicted molar refractivity (Wildman–Crippen MR) is 63.0 cm³/mol. The monoisotopic (exact) mass is 234 g/mol. The summed E-state index contributed by atoms with van der Waals surface area (Å²) in [5.74, 6) is 0.0729. The minimum atomic E-state index is -0.960. The number of benzene rings is 1. The molecule has 0 unspecified atom stereocenters. The molecule has 0 aromatic heterocycles. The van der Waals surface area contributed by atoms with Gasteiger partial charge >= 0.3 is 6.09 Å². The van der Waals surface area contributed by atoms with E-state index in [-0.39, 0.29) is 5.91 Å². The molecule has 17 heavy (non-hydrogen) atoms.